The van der Waals surface area contributed by atoms with Gasteiger partial charge in [-0.15, -0.1) is 5.10 Å². The summed E-state index contributed by atoms with van der Waals surface area (Å²) in [7, 11) is 0. The second-order valence-corrected chi connectivity index (χ2v) is 5.80. The molecule has 0 radical (unpaired) electrons. The monoisotopic (exact) mass is 301 g/mol. The molecule has 0 unspecified atom stereocenters. The van der Waals surface area contributed by atoms with E-state index in [2.05, 4.69) is 46.8 Å². The Labute approximate surface area is 130 Å². The third-order valence-electron chi connectivity index (χ3n) is 4.32. The molecule has 3 atom stereocenters. The molecule has 1 aliphatic heterocycles. The third kappa shape index (κ3) is 3.34. The predicted octanol–water partition coefficient (Wildman–Crippen LogP) is 2.27. The lowest BCUT2D eigenvalue weighted by Gasteiger charge is -2.27. The van der Waals surface area contributed by atoms with Crippen LogP contribution in [-0.4, -0.2) is 39.0 Å². The number of benzene rings is 1. The standard InChI is InChI=1S/C16H23N5O/c1-3-15(16-5-4-10-22-16)18-12(2)13-6-8-14(9-7-13)21-11-17-19-20-21/h6-9,11-12,15-16,18H,3-5,10H2,1-2H3/t12-,15-,16-/m0/s1. The first-order valence-corrected chi connectivity index (χ1v) is 7.99. The van der Waals surface area contributed by atoms with E-state index in [1.807, 2.05) is 12.1 Å². The van der Waals surface area contributed by atoms with Gasteiger partial charge in [0.1, 0.15) is 6.33 Å². The molecular formula is C16H23N5O. The summed E-state index contributed by atoms with van der Waals surface area (Å²) in [5, 5.41) is 14.9. The van der Waals surface area contributed by atoms with Gasteiger partial charge in [0.25, 0.3) is 0 Å². The van der Waals surface area contributed by atoms with Crippen LogP contribution in [0.4, 0.5) is 0 Å². The number of hydrogen-bond acceptors (Lipinski definition) is 5. The van der Waals surface area contributed by atoms with Gasteiger partial charge in [0.05, 0.1) is 11.8 Å². The molecule has 0 aliphatic carbocycles. The Morgan fingerprint density at radius 2 is 2.18 bits per heavy atom. The maximum atomic E-state index is 5.82. The summed E-state index contributed by atoms with van der Waals surface area (Å²) >= 11 is 0. The summed E-state index contributed by atoms with van der Waals surface area (Å²) in [4.78, 5) is 0. The number of hydrogen-bond donors (Lipinski definition) is 1. The van der Waals surface area contributed by atoms with Gasteiger partial charge in [-0.1, -0.05) is 19.1 Å². The average molecular weight is 301 g/mol. The molecule has 1 aromatic heterocycles. The fraction of sp³-hybridized carbons (Fsp3) is 0.562. The van der Waals surface area contributed by atoms with Gasteiger partial charge in [-0.05, 0) is 54.3 Å². The Kier molecular flexibility index (Phi) is 4.80. The zero-order valence-corrected chi connectivity index (χ0v) is 13.1. The Morgan fingerprint density at radius 3 is 2.77 bits per heavy atom. The summed E-state index contributed by atoms with van der Waals surface area (Å²) in [6.45, 7) is 5.31. The topological polar surface area (TPSA) is 64.9 Å². The molecule has 0 saturated carbocycles. The van der Waals surface area contributed by atoms with Crippen LogP contribution in [0.3, 0.4) is 0 Å². The zero-order valence-electron chi connectivity index (χ0n) is 13.1. The molecule has 1 aromatic carbocycles. The van der Waals surface area contributed by atoms with E-state index in [0.717, 1.165) is 25.1 Å². The molecule has 0 spiro atoms. The summed E-state index contributed by atoms with van der Waals surface area (Å²) < 4.78 is 7.48. The van der Waals surface area contributed by atoms with E-state index in [1.165, 1.54) is 12.0 Å². The largest absolute Gasteiger partial charge is 0.377 e. The first kappa shape index (κ1) is 15.1. The molecule has 0 bridgehead atoms. The van der Waals surface area contributed by atoms with Crippen molar-refractivity contribution in [1.29, 1.82) is 0 Å². The number of tetrazole rings is 1. The van der Waals surface area contributed by atoms with Gasteiger partial charge in [-0.3, -0.25) is 0 Å². The fourth-order valence-corrected chi connectivity index (χ4v) is 3.02. The van der Waals surface area contributed by atoms with Gasteiger partial charge in [0, 0.05) is 18.7 Å². The fourth-order valence-electron chi connectivity index (χ4n) is 3.02. The maximum Gasteiger partial charge on any atom is 0.143 e. The molecule has 1 saturated heterocycles. The van der Waals surface area contributed by atoms with E-state index in [-0.39, 0.29) is 6.04 Å². The lowest BCUT2D eigenvalue weighted by Crippen LogP contribution is -2.40. The van der Waals surface area contributed by atoms with Gasteiger partial charge in [0.15, 0.2) is 0 Å². The molecule has 118 valence electrons. The smallest absolute Gasteiger partial charge is 0.143 e. The van der Waals surface area contributed by atoms with Crippen molar-refractivity contribution >= 4 is 0 Å². The molecular weight excluding hydrogens is 278 g/mol. The van der Waals surface area contributed by atoms with Crippen LogP contribution in [0.15, 0.2) is 30.6 Å². The van der Waals surface area contributed by atoms with Gasteiger partial charge >= 0.3 is 0 Å². The van der Waals surface area contributed by atoms with Crippen LogP contribution in [0, 0.1) is 0 Å². The number of rotatable bonds is 6. The lowest BCUT2D eigenvalue weighted by atomic mass is 10.0. The lowest BCUT2D eigenvalue weighted by molar-refractivity contribution is 0.0735. The second-order valence-electron chi connectivity index (χ2n) is 5.80. The van der Waals surface area contributed by atoms with Crippen molar-refractivity contribution < 1.29 is 4.74 Å². The Balaban J connectivity index is 1.65. The van der Waals surface area contributed by atoms with Crippen molar-refractivity contribution in [3.8, 4) is 5.69 Å². The minimum Gasteiger partial charge on any atom is -0.377 e. The van der Waals surface area contributed by atoms with Gasteiger partial charge < -0.3 is 10.1 Å². The number of nitrogens with zero attached hydrogens (tertiary/aromatic N) is 4. The maximum absolute atomic E-state index is 5.82. The molecule has 2 aromatic rings. The normalized spacial score (nSPS) is 20.9. The molecule has 6 nitrogen and oxygen atoms in total. The van der Waals surface area contributed by atoms with Crippen molar-refractivity contribution in [2.75, 3.05) is 6.61 Å². The number of ether oxygens (including phenoxy) is 1. The Hall–Kier alpha value is -1.79. The van der Waals surface area contributed by atoms with E-state index < -0.39 is 0 Å². The molecule has 0 amide bonds. The molecule has 3 rings (SSSR count). The van der Waals surface area contributed by atoms with Crippen molar-refractivity contribution in [3.05, 3.63) is 36.2 Å². The van der Waals surface area contributed by atoms with Crippen LogP contribution < -0.4 is 5.32 Å². The Bertz CT molecular complexity index is 563. The average Bonchev–Trinajstić information content (AvgIpc) is 3.25. The third-order valence-corrected chi connectivity index (χ3v) is 4.32. The van der Waals surface area contributed by atoms with Gasteiger partial charge in [-0.25, -0.2) is 4.68 Å². The first-order chi connectivity index (χ1) is 10.8. The molecule has 2 heterocycles. The van der Waals surface area contributed by atoms with Crippen LogP contribution in [0.1, 0.15) is 44.7 Å². The van der Waals surface area contributed by atoms with Crippen LogP contribution in [0.2, 0.25) is 0 Å². The molecule has 6 heteroatoms. The van der Waals surface area contributed by atoms with Gasteiger partial charge in [-0.2, -0.15) is 0 Å². The molecule has 1 N–H and O–H groups in total. The molecule has 22 heavy (non-hydrogen) atoms. The van der Waals surface area contributed by atoms with Crippen molar-refractivity contribution in [1.82, 2.24) is 25.5 Å². The highest BCUT2D eigenvalue weighted by Crippen LogP contribution is 2.21. The molecule has 1 aliphatic rings. The Morgan fingerprint density at radius 1 is 1.36 bits per heavy atom. The van der Waals surface area contributed by atoms with Crippen LogP contribution >= 0.6 is 0 Å². The van der Waals surface area contributed by atoms with Crippen LogP contribution in [0.25, 0.3) is 5.69 Å². The number of nitrogens with one attached hydrogen (secondary N) is 1. The molecule has 1 fully saturated rings. The minimum absolute atomic E-state index is 0.289. The van der Waals surface area contributed by atoms with Crippen molar-refractivity contribution in [2.24, 2.45) is 0 Å². The quantitative estimate of drug-likeness (QED) is 0.886. The summed E-state index contributed by atoms with van der Waals surface area (Å²) in [5.41, 5.74) is 2.22. The highest BCUT2D eigenvalue weighted by atomic mass is 16.5. The van der Waals surface area contributed by atoms with Crippen LogP contribution in [-0.2, 0) is 4.74 Å². The predicted molar refractivity (Wildman–Crippen MR) is 83.8 cm³/mol. The minimum atomic E-state index is 0.289. The van der Waals surface area contributed by atoms with E-state index in [0.29, 0.717) is 12.1 Å². The highest BCUT2D eigenvalue weighted by Gasteiger charge is 2.25. The first-order valence-electron chi connectivity index (χ1n) is 7.99. The number of aromatic nitrogens is 4. The van der Waals surface area contributed by atoms with Gasteiger partial charge in [0.2, 0.25) is 0 Å². The second kappa shape index (κ2) is 6.98. The van der Waals surface area contributed by atoms with Crippen molar-refractivity contribution in [3.63, 3.8) is 0 Å². The zero-order chi connectivity index (χ0) is 15.4. The van der Waals surface area contributed by atoms with E-state index in [1.54, 1.807) is 11.0 Å². The SMILES string of the molecule is CC[C@H](N[C@@H](C)c1ccc(-n2cnnn2)cc1)[C@@H]1CCCO1. The van der Waals surface area contributed by atoms with E-state index in [9.17, 15) is 0 Å². The summed E-state index contributed by atoms with van der Waals surface area (Å²) in [5.74, 6) is 0. The van der Waals surface area contributed by atoms with Crippen molar-refractivity contribution in [2.45, 2.75) is 51.3 Å². The summed E-state index contributed by atoms with van der Waals surface area (Å²) in [6, 6.07) is 9.02. The highest BCUT2D eigenvalue weighted by molar-refractivity contribution is 5.34. The summed E-state index contributed by atoms with van der Waals surface area (Å²) in [6.07, 6.45) is 5.38. The van der Waals surface area contributed by atoms with Crippen LogP contribution in [0.5, 0.6) is 0 Å². The van der Waals surface area contributed by atoms with E-state index in [4.69, 9.17) is 4.74 Å². The van der Waals surface area contributed by atoms with E-state index >= 15 is 0 Å².